The first-order chi connectivity index (χ1) is 3.70. The number of hydrogen-bond acceptors (Lipinski definition) is 3. The molecule has 0 aromatic carbocycles. The molecule has 8 heavy (non-hydrogen) atoms. The largest absolute Gasteiger partial charge is 0.595 e. The summed E-state index contributed by atoms with van der Waals surface area (Å²) in [6.07, 6.45) is 0. The zero-order valence-electron chi connectivity index (χ0n) is 4.51. The summed E-state index contributed by atoms with van der Waals surface area (Å²) in [5.74, 6) is 0. The van der Waals surface area contributed by atoms with E-state index in [0.29, 0.717) is 0 Å². The highest BCUT2D eigenvalue weighted by Crippen LogP contribution is 1.69. The second-order valence-corrected chi connectivity index (χ2v) is 1.90. The van der Waals surface area contributed by atoms with Gasteiger partial charge >= 0.3 is 0 Å². The van der Waals surface area contributed by atoms with Gasteiger partial charge in [-0.2, -0.15) is 10.5 Å². The van der Waals surface area contributed by atoms with Gasteiger partial charge in [-0.15, -0.1) is 0 Å². The Bertz CT molecular complexity index is 78.6. The molecule has 1 fully saturated rings. The van der Waals surface area contributed by atoms with Gasteiger partial charge in [0, 0.05) is 0 Å². The van der Waals surface area contributed by atoms with Crippen LogP contribution in [0.4, 0.5) is 0 Å². The minimum Gasteiger partial charge on any atom is -0.595 e. The molecule has 3 atom stereocenters. The summed E-state index contributed by atoms with van der Waals surface area (Å²) in [6.45, 7) is 1.92. The van der Waals surface area contributed by atoms with Gasteiger partial charge in [-0.05, 0) is 11.9 Å². The molecule has 3 unspecified atom stereocenters. The molecule has 0 spiro atoms. The van der Waals surface area contributed by atoms with Crippen LogP contribution in [0.25, 0.3) is 0 Å². The maximum Gasteiger partial charge on any atom is 0.172 e. The molecule has 48 valence electrons. The highest BCUT2D eigenvalue weighted by atomic mass is 17.1. The van der Waals surface area contributed by atoms with Gasteiger partial charge in [0.2, 0.25) is 0 Å². The van der Waals surface area contributed by atoms with Crippen molar-refractivity contribution >= 4 is 0 Å². The molecular weight excluding hydrogens is 112 g/mol. The lowest BCUT2D eigenvalue weighted by Gasteiger charge is -2.12. The highest BCUT2D eigenvalue weighted by molar-refractivity contribution is 4.40. The predicted octanol–water partition coefficient (Wildman–Crippen LogP) is -3.00. The van der Waals surface area contributed by atoms with Crippen LogP contribution in [-0.2, 0) is 4.94 Å². The lowest BCUT2D eigenvalue weighted by molar-refractivity contribution is -1.27. The Hall–Kier alpha value is -0.200. The van der Waals surface area contributed by atoms with E-state index < -0.39 is 10.5 Å². The molecule has 0 amide bonds. The molecule has 5 heteroatoms. The van der Waals surface area contributed by atoms with E-state index in [1.54, 1.807) is 6.92 Å². The third-order valence-corrected chi connectivity index (χ3v) is 1.09. The van der Waals surface area contributed by atoms with Crippen LogP contribution in [-0.4, -0.2) is 12.6 Å². The zero-order chi connectivity index (χ0) is 6.15. The van der Waals surface area contributed by atoms with Crippen molar-refractivity contribution < 1.29 is 15.4 Å². The third kappa shape index (κ3) is 0.960. The zero-order valence-corrected chi connectivity index (χ0v) is 4.51. The van der Waals surface area contributed by atoms with Crippen LogP contribution in [0.3, 0.4) is 0 Å². The molecule has 5 nitrogen and oxygen atoms in total. The Morgan fingerprint density at radius 1 is 1.62 bits per heavy atom. The van der Waals surface area contributed by atoms with Crippen molar-refractivity contribution in [3.8, 4) is 0 Å². The standard InChI is InChI=1S/C3H8N2O3/c1-3-2-4(6)8-5(3)7/h3-5H,2H2,1H3. The van der Waals surface area contributed by atoms with Crippen molar-refractivity contribution in [1.82, 2.24) is 0 Å². The summed E-state index contributed by atoms with van der Waals surface area (Å²) < 4.78 is 0. The fourth-order valence-corrected chi connectivity index (χ4v) is 0.588. The molecule has 0 saturated carbocycles. The molecule has 1 aliphatic rings. The first kappa shape index (κ1) is 5.93. The van der Waals surface area contributed by atoms with Gasteiger partial charge < -0.3 is 10.4 Å². The summed E-state index contributed by atoms with van der Waals surface area (Å²) in [6, 6.07) is -0.220. The summed E-state index contributed by atoms with van der Waals surface area (Å²) in [5, 5.41) is 19.8. The Morgan fingerprint density at radius 3 is 2.38 bits per heavy atom. The van der Waals surface area contributed by atoms with E-state index >= 15 is 0 Å². The van der Waals surface area contributed by atoms with Gasteiger partial charge in [-0.25, -0.2) is 0 Å². The van der Waals surface area contributed by atoms with Crippen molar-refractivity contribution in [3.05, 3.63) is 10.4 Å². The van der Waals surface area contributed by atoms with Crippen molar-refractivity contribution in [2.45, 2.75) is 13.0 Å². The summed E-state index contributed by atoms with van der Waals surface area (Å²) >= 11 is 0. The van der Waals surface area contributed by atoms with Crippen molar-refractivity contribution in [2.75, 3.05) is 6.54 Å². The maximum absolute atomic E-state index is 10.3. The average molecular weight is 120 g/mol. The monoisotopic (exact) mass is 120 g/mol. The minimum atomic E-state index is -0.400. The van der Waals surface area contributed by atoms with E-state index in [9.17, 15) is 10.4 Å². The number of hydrogen-bond donors (Lipinski definition) is 2. The summed E-state index contributed by atoms with van der Waals surface area (Å²) in [4.78, 5) is 4.20. The lowest BCUT2D eigenvalue weighted by atomic mass is 10.4. The van der Waals surface area contributed by atoms with Gasteiger partial charge in [-0.1, -0.05) is 0 Å². The SMILES string of the molecule is CC1C[NH+]([O-])O[NH+]1[O-]. The molecule has 0 radical (unpaired) electrons. The molecular formula is C3H8N2O3. The molecule has 0 bridgehead atoms. The number of rotatable bonds is 0. The topological polar surface area (TPSA) is 64.2 Å². The normalized spacial score (nSPS) is 47.6. The Labute approximate surface area is 46.5 Å². The first-order valence-corrected chi connectivity index (χ1v) is 2.44. The van der Waals surface area contributed by atoms with Crippen LogP contribution in [0.5, 0.6) is 0 Å². The van der Waals surface area contributed by atoms with Crippen molar-refractivity contribution in [1.29, 1.82) is 0 Å². The van der Waals surface area contributed by atoms with Crippen LogP contribution in [0.2, 0.25) is 0 Å². The van der Waals surface area contributed by atoms with Gasteiger partial charge in [-0.3, -0.25) is 0 Å². The highest BCUT2D eigenvalue weighted by Gasteiger charge is 2.26. The fraction of sp³-hybridized carbons (Fsp3) is 1.00. The quantitative estimate of drug-likeness (QED) is 0.335. The molecule has 0 aromatic heterocycles. The van der Waals surface area contributed by atoms with E-state index in [1.807, 2.05) is 0 Å². The molecule has 1 saturated heterocycles. The maximum atomic E-state index is 10.3. The van der Waals surface area contributed by atoms with Crippen molar-refractivity contribution in [3.63, 3.8) is 0 Å². The Balaban J connectivity index is 2.39. The molecule has 1 heterocycles. The second kappa shape index (κ2) is 1.96. The molecule has 1 rings (SSSR count). The number of hydroxylamine groups is 4. The summed E-state index contributed by atoms with van der Waals surface area (Å²) in [5.41, 5.74) is 0. The molecule has 2 N–H and O–H groups in total. The van der Waals surface area contributed by atoms with Gasteiger partial charge in [0.05, 0.1) is 0 Å². The summed E-state index contributed by atoms with van der Waals surface area (Å²) in [7, 11) is 0. The number of quaternary nitrogens is 2. The Morgan fingerprint density at radius 2 is 2.25 bits per heavy atom. The lowest BCUT2D eigenvalue weighted by Crippen LogP contribution is -3.17. The van der Waals surface area contributed by atoms with Gasteiger partial charge in [0.1, 0.15) is 0 Å². The van der Waals surface area contributed by atoms with E-state index in [4.69, 9.17) is 0 Å². The van der Waals surface area contributed by atoms with E-state index in [2.05, 4.69) is 4.94 Å². The molecule has 0 aliphatic carbocycles. The van der Waals surface area contributed by atoms with Crippen LogP contribution >= 0.6 is 0 Å². The first-order valence-electron chi connectivity index (χ1n) is 2.44. The van der Waals surface area contributed by atoms with Gasteiger partial charge in [0.15, 0.2) is 12.6 Å². The third-order valence-electron chi connectivity index (χ3n) is 1.09. The fourth-order valence-electron chi connectivity index (χ4n) is 0.588. The second-order valence-electron chi connectivity index (χ2n) is 1.90. The van der Waals surface area contributed by atoms with Gasteiger partial charge in [0.25, 0.3) is 0 Å². The smallest absolute Gasteiger partial charge is 0.172 e. The average Bonchev–Trinajstić information content (AvgIpc) is 1.85. The minimum absolute atomic E-state index is 0.220. The van der Waals surface area contributed by atoms with Crippen LogP contribution in [0.15, 0.2) is 0 Å². The predicted molar refractivity (Wildman–Crippen MR) is 24.1 cm³/mol. The number of nitrogens with one attached hydrogen (secondary N) is 2. The molecule has 0 aromatic rings. The van der Waals surface area contributed by atoms with Crippen LogP contribution in [0, 0.1) is 10.4 Å². The van der Waals surface area contributed by atoms with E-state index in [0.717, 1.165) is 0 Å². The van der Waals surface area contributed by atoms with Crippen molar-refractivity contribution in [2.24, 2.45) is 0 Å². The molecule has 1 aliphatic heterocycles. The van der Waals surface area contributed by atoms with Crippen LogP contribution < -0.4 is 10.5 Å². The Kier molecular flexibility index (Phi) is 1.45. The van der Waals surface area contributed by atoms with E-state index in [-0.39, 0.29) is 12.6 Å². The van der Waals surface area contributed by atoms with E-state index in [1.165, 1.54) is 0 Å². The van der Waals surface area contributed by atoms with Crippen LogP contribution in [0.1, 0.15) is 6.92 Å².